The molecule has 0 spiro atoms. The number of hydrogen-bond donors (Lipinski definition) is 1. The molecule has 13 heavy (non-hydrogen) atoms. The van der Waals surface area contributed by atoms with Crippen LogP contribution in [0.15, 0.2) is 18.4 Å². The monoisotopic (exact) mass is 179 g/mol. The van der Waals surface area contributed by atoms with Crippen LogP contribution in [0.25, 0.3) is 0 Å². The van der Waals surface area contributed by atoms with Crippen molar-refractivity contribution in [1.82, 2.24) is 9.78 Å². The van der Waals surface area contributed by atoms with E-state index >= 15 is 0 Å². The van der Waals surface area contributed by atoms with Gasteiger partial charge in [0.1, 0.15) is 5.82 Å². The summed E-state index contributed by atoms with van der Waals surface area (Å²) in [5.74, 6) is 0.642. The number of hydrogen-bond acceptors (Lipinski definition) is 3. The Morgan fingerprint density at radius 1 is 1.69 bits per heavy atom. The van der Waals surface area contributed by atoms with Gasteiger partial charge in [-0.25, -0.2) is 4.68 Å². The van der Waals surface area contributed by atoms with Crippen LogP contribution in [0.1, 0.15) is 19.0 Å². The summed E-state index contributed by atoms with van der Waals surface area (Å²) in [6, 6.07) is 1.84. The molecular formula is C9H13N3O. The first kappa shape index (κ1) is 8.16. The molecule has 4 heteroatoms. The van der Waals surface area contributed by atoms with Crippen molar-refractivity contribution in [3.05, 3.63) is 24.1 Å². The van der Waals surface area contributed by atoms with Gasteiger partial charge in [-0.05, 0) is 19.9 Å². The maximum atomic E-state index is 5.80. The van der Waals surface area contributed by atoms with E-state index in [-0.39, 0.29) is 0 Å². The third kappa shape index (κ3) is 1.18. The third-order valence-corrected chi connectivity index (χ3v) is 2.22. The first-order valence-corrected chi connectivity index (χ1v) is 4.27. The molecule has 1 atom stereocenters. The van der Waals surface area contributed by atoms with Crippen LogP contribution in [0.4, 0.5) is 5.82 Å². The number of nitrogens with two attached hydrogens (primary N) is 1. The molecule has 1 aliphatic rings. The van der Waals surface area contributed by atoms with Crippen molar-refractivity contribution in [2.24, 2.45) is 0 Å². The number of aryl methyl sites for hydroxylation is 1. The summed E-state index contributed by atoms with van der Waals surface area (Å²) in [4.78, 5) is 0. The largest absolute Gasteiger partial charge is 0.474 e. The van der Waals surface area contributed by atoms with E-state index in [9.17, 15) is 0 Å². The highest BCUT2D eigenvalue weighted by molar-refractivity contribution is 5.31. The second-order valence-electron chi connectivity index (χ2n) is 3.49. The molecular weight excluding hydrogens is 166 g/mol. The Balaban J connectivity index is 2.39. The molecule has 1 aromatic heterocycles. The van der Waals surface area contributed by atoms with Crippen LogP contribution in [0, 0.1) is 6.92 Å². The van der Waals surface area contributed by atoms with E-state index in [2.05, 4.69) is 5.10 Å². The Bertz CT molecular complexity index is 346. The molecule has 70 valence electrons. The van der Waals surface area contributed by atoms with Gasteiger partial charge in [-0.2, -0.15) is 5.10 Å². The van der Waals surface area contributed by atoms with Crippen LogP contribution < -0.4 is 5.73 Å². The summed E-state index contributed by atoms with van der Waals surface area (Å²) >= 11 is 0. The topological polar surface area (TPSA) is 53.1 Å². The second kappa shape index (κ2) is 2.52. The summed E-state index contributed by atoms with van der Waals surface area (Å²) in [6.07, 6.45) is 4.46. The Morgan fingerprint density at radius 3 is 2.92 bits per heavy atom. The third-order valence-electron chi connectivity index (χ3n) is 2.22. The van der Waals surface area contributed by atoms with E-state index in [1.54, 1.807) is 10.9 Å². The van der Waals surface area contributed by atoms with Gasteiger partial charge >= 0.3 is 0 Å². The number of anilines is 1. The quantitative estimate of drug-likeness (QED) is 0.708. The van der Waals surface area contributed by atoms with Gasteiger partial charge in [-0.1, -0.05) is 0 Å². The lowest BCUT2D eigenvalue weighted by molar-refractivity contribution is -0.0207. The standard InChI is InChI=1S/C9H13N3O/c1-7-6-8(10)12(11-7)9(2)4-3-5-13-9/h3,5-6H,4,10H2,1-2H3. The minimum Gasteiger partial charge on any atom is -0.474 e. The number of nitrogen functional groups attached to an aromatic ring is 1. The maximum Gasteiger partial charge on any atom is 0.203 e. The Hall–Kier alpha value is -1.45. The van der Waals surface area contributed by atoms with Gasteiger partial charge in [0.25, 0.3) is 0 Å². The van der Waals surface area contributed by atoms with Gasteiger partial charge in [0.15, 0.2) is 0 Å². The predicted molar refractivity (Wildman–Crippen MR) is 49.9 cm³/mol. The lowest BCUT2D eigenvalue weighted by Crippen LogP contribution is -2.31. The summed E-state index contributed by atoms with van der Waals surface area (Å²) in [6.45, 7) is 3.88. The summed E-state index contributed by atoms with van der Waals surface area (Å²) < 4.78 is 7.19. The van der Waals surface area contributed by atoms with Crippen molar-refractivity contribution in [2.75, 3.05) is 5.73 Å². The van der Waals surface area contributed by atoms with Crippen molar-refractivity contribution >= 4 is 5.82 Å². The fourth-order valence-electron chi connectivity index (χ4n) is 1.54. The highest BCUT2D eigenvalue weighted by Gasteiger charge is 2.31. The van der Waals surface area contributed by atoms with Gasteiger partial charge in [-0.3, -0.25) is 0 Å². The Morgan fingerprint density at radius 2 is 2.46 bits per heavy atom. The van der Waals surface area contributed by atoms with Crippen molar-refractivity contribution in [2.45, 2.75) is 26.0 Å². The van der Waals surface area contributed by atoms with Crippen LogP contribution in [0.5, 0.6) is 0 Å². The zero-order valence-electron chi connectivity index (χ0n) is 7.82. The van der Waals surface area contributed by atoms with E-state index < -0.39 is 5.72 Å². The van der Waals surface area contributed by atoms with Gasteiger partial charge in [0.2, 0.25) is 5.72 Å². The summed E-state index contributed by atoms with van der Waals surface area (Å²) in [5, 5.41) is 4.29. The van der Waals surface area contributed by atoms with Crippen LogP contribution >= 0.6 is 0 Å². The molecule has 2 rings (SSSR count). The highest BCUT2D eigenvalue weighted by atomic mass is 16.5. The van der Waals surface area contributed by atoms with Gasteiger partial charge in [0, 0.05) is 12.5 Å². The lowest BCUT2D eigenvalue weighted by Gasteiger charge is -2.25. The number of rotatable bonds is 1. The molecule has 2 N–H and O–H groups in total. The molecule has 1 aromatic rings. The smallest absolute Gasteiger partial charge is 0.203 e. The molecule has 4 nitrogen and oxygen atoms in total. The average Bonchev–Trinajstić information content (AvgIpc) is 2.59. The van der Waals surface area contributed by atoms with Crippen LogP contribution in [-0.2, 0) is 10.5 Å². The predicted octanol–water partition coefficient (Wildman–Crippen LogP) is 1.38. The zero-order chi connectivity index (χ0) is 9.47. The maximum absolute atomic E-state index is 5.80. The van der Waals surface area contributed by atoms with Crippen molar-refractivity contribution in [3.8, 4) is 0 Å². The van der Waals surface area contributed by atoms with Gasteiger partial charge in [0.05, 0.1) is 12.0 Å². The Labute approximate surface area is 77.0 Å². The molecule has 0 saturated carbocycles. The number of ether oxygens (including phenoxy) is 1. The zero-order valence-corrected chi connectivity index (χ0v) is 7.82. The Kier molecular flexibility index (Phi) is 1.58. The van der Waals surface area contributed by atoms with E-state index in [0.29, 0.717) is 5.82 Å². The van der Waals surface area contributed by atoms with E-state index in [4.69, 9.17) is 10.5 Å². The van der Waals surface area contributed by atoms with Crippen molar-refractivity contribution in [1.29, 1.82) is 0 Å². The van der Waals surface area contributed by atoms with E-state index in [0.717, 1.165) is 12.1 Å². The minimum absolute atomic E-state index is 0.432. The first-order chi connectivity index (χ1) is 6.12. The molecule has 0 saturated heterocycles. The molecule has 0 radical (unpaired) electrons. The molecule has 0 amide bonds. The molecule has 1 unspecified atom stereocenters. The first-order valence-electron chi connectivity index (χ1n) is 4.27. The SMILES string of the molecule is Cc1cc(N)n(C2(C)CC=CO2)n1. The van der Waals surface area contributed by atoms with Crippen LogP contribution in [-0.4, -0.2) is 9.78 Å². The van der Waals surface area contributed by atoms with Crippen LogP contribution in [0.2, 0.25) is 0 Å². The van der Waals surface area contributed by atoms with Crippen molar-refractivity contribution in [3.63, 3.8) is 0 Å². The van der Waals surface area contributed by atoms with Crippen molar-refractivity contribution < 1.29 is 4.74 Å². The van der Waals surface area contributed by atoms with Crippen LogP contribution in [0.3, 0.4) is 0 Å². The normalized spacial score (nSPS) is 26.3. The number of aromatic nitrogens is 2. The fourth-order valence-corrected chi connectivity index (χ4v) is 1.54. The minimum atomic E-state index is -0.432. The van der Waals surface area contributed by atoms with Gasteiger partial charge < -0.3 is 10.5 Å². The second-order valence-corrected chi connectivity index (χ2v) is 3.49. The molecule has 0 fully saturated rings. The number of nitrogens with zero attached hydrogens (tertiary/aromatic N) is 2. The molecule has 0 aromatic carbocycles. The van der Waals surface area contributed by atoms with Gasteiger partial charge in [-0.15, -0.1) is 0 Å². The molecule has 1 aliphatic heterocycles. The average molecular weight is 179 g/mol. The lowest BCUT2D eigenvalue weighted by atomic mass is 10.2. The fraction of sp³-hybridized carbons (Fsp3) is 0.444. The summed E-state index contributed by atoms with van der Waals surface area (Å²) in [7, 11) is 0. The molecule has 0 aliphatic carbocycles. The molecule has 2 heterocycles. The van der Waals surface area contributed by atoms with E-state index in [1.807, 2.05) is 26.0 Å². The highest BCUT2D eigenvalue weighted by Crippen LogP contribution is 2.30. The van der Waals surface area contributed by atoms with E-state index in [1.165, 1.54) is 0 Å². The molecule has 0 bridgehead atoms. The summed E-state index contributed by atoms with van der Waals surface area (Å²) in [5.41, 5.74) is 6.28.